The predicted octanol–water partition coefficient (Wildman–Crippen LogP) is 7.02. The van der Waals surface area contributed by atoms with Crippen LogP contribution in [-0.2, 0) is 4.79 Å². The summed E-state index contributed by atoms with van der Waals surface area (Å²) < 4.78 is 5.64. The summed E-state index contributed by atoms with van der Waals surface area (Å²) in [5.74, 6) is 0.868. The number of unbranched alkanes of at least 4 members (excludes halogenated alkanes) is 11. The third kappa shape index (κ3) is 14.8. The average Bonchev–Trinajstić information content (AvgIpc) is 2.73. The monoisotopic (exact) mass is 402 g/mol. The minimum absolute atomic E-state index is 0.00306. The van der Waals surface area contributed by atoms with Crippen LogP contribution in [0.4, 0.5) is 0 Å². The lowest BCUT2D eigenvalue weighted by molar-refractivity contribution is -0.121. The van der Waals surface area contributed by atoms with E-state index < -0.39 is 0 Å². The molecule has 0 saturated heterocycles. The molecule has 1 N–H and O–H groups in total. The van der Waals surface area contributed by atoms with Gasteiger partial charge in [0.1, 0.15) is 5.75 Å². The fourth-order valence-electron chi connectivity index (χ4n) is 3.17. The van der Waals surface area contributed by atoms with Crippen LogP contribution in [0, 0.1) is 0 Å². The van der Waals surface area contributed by atoms with E-state index in [0.717, 1.165) is 43.6 Å². The van der Waals surface area contributed by atoms with E-state index in [1.165, 1.54) is 57.8 Å². The average molecular weight is 403 g/mol. The molecule has 0 unspecified atom stereocenters. The molecule has 0 aromatic heterocycles. The Labute approximate surface area is 178 Å². The van der Waals surface area contributed by atoms with Crippen molar-refractivity contribution in [2.45, 2.75) is 104 Å². The zero-order valence-corrected chi connectivity index (χ0v) is 18.8. The van der Waals surface area contributed by atoms with Crippen LogP contribution in [0.25, 0.3) is 0 Å². The Kier molecular flexibility index (Phi) is 15.8. The number of benzene rings is 1. The van der Waals surface area contributed by atoms with E-state index in [2.05, 4.69) is 24.4 Å². The van der Waals surface area contributed by atoms with Crippen LogP contribution < -0.4 is 10.2 Å². The SMILES string of the molecule is CCCCCCCCCCCCCC(=O)N/N=C\c1ccc(OCCCC)cc1. The molecule has 4 nitrogen and oxygen atoms in total. The highest BCUT2D eigenvalue weighted by Crippen LogP contribution is 2.13. The van der Waals surface area contributed by atoms with Gasteiger partial charge in [0.25, 0.3) is 0 Å². The highest BCUT2D eigenvalue weighted by atomic mass is 16.5. The second kappa shape index (κ2) is 18.2. The number of nitrogens with one attached hydrogen (secondary N) is 1. The van der Waals surface area contributed by atoms with Crippen LogP contribution in [0.15, 0.2) is 29.4 Å². The van der Waals surface area contributed by atoms with E-state index in [1.807, 2.05) is 24.3 Å². The molecule has 0 atom stereocenters. The molecule has 0 radical (unpaired) electrons. The molecular weight excluding hydrogens is 360 g/mol. The van der Waals surface area contributed by atoms with Gasteiger partial charge in [-0.2, -0.15) is 5.10 Å². The molecule has 1 amide bonds. The summed E-state index contributed by atoms with van der Waals surface area (Å²) in [4.78, 5) is 11.8. The first-order valence-electron chi connectivity index (χ1n) is 11.8. The van der Waals surface area contributed by atoms with Crippen molar-refractivity contribution < 1.29 is 9.53 Å². The van der Waals surface area contributed by atoms with Gasteiger partial charge in [-0.3, -0.25) is 4.79 Å². The lowest BCUT2D eigenvalue weighted by Crippen LogP contribution is -2.16. The normalized spacial score (nSPS) is 11.1. The number of hydrogen-bond acceptors (Lipinski definition) is 3. The van der Waals surface area contributed by atoms with Crippen molar-refractivity contribution in [1.82, 2.24) is 5.43 Å². The van der Waals surface area contributed by atoms with Crippen molar-refractivity contribution in [2.24, 2.45) is 5.10 Å². The maximum atomic E-state index is 11.8. The molecule has 0 aliphatic heterocycles. The van der Waals surface area contributed by atoms with Gasteiger partial charge in [0.05, 0.1) is 12.8 Å². The number of carbonyl (C=O) groups excluding carboxylic acids is 1. The summed E-state index contributed by atoms with van der Waals surface area (Å²) >= 11 is 0. The first kappa shape index (κ1) is 25.2. The quantitative estimate of drug-likeness (QED) is 0.163. The second-order valence-corrected chi connectivity index (χ2v) is 7.85. The van der Waals surface area contributed by atoms with Gasteiger partial charge in [0.15, 0.2) is 0 Å². The minimum atomic E-state index is -0.00306. The molecule has 0 heterocycles. The lowest BCUT2D eigenvalue weighted by atomic mass is 10.1. The van der Waals surface area contributed by atoms with E-state index in [9.17, 15) is 4.79 Å². The van der Waals surface area contributed by atoms with Crippen molar-refractivity contribution in [3.8, 4) is 5.75 Å². The van der Waals surface area contributed by atoms with Gasteiger partial charge in [0.2, 0.25) is 5.91 Å². The van der Waals surface area contributed by atoms with E-state index >= 15 is 0 Å². The molecule has 164 valence electrons. The van der Waals surface area contributed by atoms with Crippen LogP contribution >= 0.6 is 0 Å². The minimum Gasteiger partial charge on any atom is -0.494 e. The molecule has 29 heavy (non-hydrogen) atoms. The zero-order chi connectivity index (χ0) is 21.0. The summed E-state index contributed by atoms with van der Waals surface area (Å²) in [6.07, 6.45) is 18.6. The molecule has 0 fully saturated rings. The highest BCUT2D eigenvalue weighted by molar-refractivity contribution is 5.82. The number of nitrogens with zero attached hydrogens (tertiary/aromatic N) is 1. The third-order valence-corrected chi connectivity index (χ3v) is 5.06. The van der Waals surface area contributed by atoms with Crippen LogP contribution in [0.3, 0.4) is 0 Å². The fraction of sp³-hybridized carbons (Fsp3) is 0.680. The van der Waals surface area contributed by atoms with Crippen molar-refractivity contribution in [3.05, 3.63) is 29.8 Å². The zero-order valence-electron chi connectivity index (χ0n) is 18.8. The Hall–Kier alpha value is -1.84. The third-order valence-electron chi connectivity index (χ3n) is 5.06. The fourth-order valence-corrected chi connectivity index (χ4v) is 3.17. The molecular formula is C25H42N2O2. The number of rotatable bonds is 18. The summed E-state index contributed by atoms with van der Waals surface area (Å²) in [5.41, 5.74) is 3.57. The van der Waals surface area contributed by atoms with E-state index in [-0.39, 0.29) is 5.91 Å². The van der Waals surface area contributed by atoms with E-state index in [0.29, 0.717) is 6.42 Å². The highest BCUT2D eigenvalue weighted by Gasteiger charge is 2.00. The van der Waals surface area contributed by atoms with E-state index in [1.54, 1.807) is 6.21 Å². The van der Waals surface area contributed by atoms with Crippen molar-refractivity contribution >= 4 is 12.1 Å². The summed E-state index contributed by atoms with van der Waals surface area (Å²) in [6, 6.07) is 7.76. The summed E-state index contributed by atoms with van der Waals surface area (Å²) in [5, 5.41) is 4.05. The van der Waals surface area contributed by atoms with Crippen LogP contribution in [0.2, 0.25) is 0 Å². The Morgan fingerprint density at radius 3 is 1.97 bits per heavy atom. The molecule has 1 rings (SSSR count). The standard InChI is InChI=1S/C25H42N2O2/c1-3-5-7-8-9-10-11-12-13-14-15-16-25(28)27-26-22-23-17-19-24(20-18-23)29-21-6-4-2/h17-20,22H,3-16,21H2,1-2H3,(H,27,28)/b26-22-. The largest absolute Gasteiger partial charge is 0.494 e. The van der Waals surface area contributed by atoms with Crippen molar-refractivity contribution in [3.63, 3.8) is 0 Å². The number of hydrazone groups is 1. The topological polar surface area (TPSA) is 50.7 Å². The van der Waals surface area contributed by atoms with Crippen LogP contribution in [0.1, 0.15) is 109 Å². The second-order valence-electron chi connectivity index (χ2n) is 7.85. The Morgan fingerprint density at radius 2 is 1.38 bits per heavy atom. The van der Waals surface area contributed by atoms with E-state index in [4.69, 9.17) is 4.74 Å². The lowest BCUT2D eigenvalue weighted by Gasteiger charge is -2.05. The molecule has 0 bridgehead atoms. The van der Waals surface area contributed by atoms with Gasteiger partial charge in [-0.15, -0.1) is 0 Å². The Bertz CT molecular complexity index is 540. The first-order valence-corrected chi connectivity index (χ1v) is 11.8. The van der Waals surface area contributed by atoms with Crippen LogP contribution in [0.5, 0.6) is 5.75 Å². The summed E-state index contributed by atoms with van der Waals surface area (Å²) in [6.45, 7) is 5.16. The molecule has 0 aliphatic carbocycles. The maximum Gasteiger partial charge on any atom is 0.240 e. The number of carbonyl (C=O) groups is 1. The molecule has 1 aromatic rings. The smallest absolute Gasteiger partial charge is 0.240 e. The number of ether oxygens (including phenoxy) is 1. The molecule has 0 spiro atoms. The Morgan fingerprint density at radius 1 is 0.828 bits per heavy atom. The maximum absolute atomic E-state index is 11.8. The van der Waals surface area contributed by atoms with Gasteiger partial charge in [-0.05, 0) is 42.7 Å². The molecule has 0 saturated carbocycles. The number of hydrogen-bond donors (Lipinski definition) is 1. The van der Waals surface area contributed by atoms with Gasteiger partial charge in [-0.25, -0.2) is 5.43 Å². The Balaban J connectivity index is 2.00. The predicted molar refractivity (Wildman–Crippen MR) is 124 cm³/mol. The van der Waals surface area contributed by atoms with Gasteiger partial charge >= 0.3 is 0 Å². The van der Waals surface area contributed by atoms with Gasteiger partial charge < -0.3 is 4.74 Å². The van der Waals surface area contributed by atoms with Crippen LogP contribution in [-0.4, -0.2) is 18.7 Å². The molecule has 4 heteroatoms. The van der Waals surface area contributed by atoms with Gasteiger partial charge in [-0.1, -0.05) is 84.5 Å². The van der Waals surface area contributed by atoms with Crippen molar-refractivity contribution in [2.75, 3.05) is 6.61 Å². The number of amides is 1. The first-order chi connectivity index (χ1) is 14.3. The molecule has 1 aromatic carbocycles. The van der Waals surface area contributed by atoms with Crippen molar-refractivity contribution in [1.29, 1.82) is 0 Å². The van der Waals surface area contributed by atoms with Gasteiger partial charge in [0, 0.05) is 6.42 Å². The summed E-state index contributed by atoms with van der Waals surface area (Å²) in [7, 11) is 0. The molecule has 0 aliphatic rings.